The number of pyridine rings is 1. The van der Waals surface area contributed by atoms with Gasteiger partial charge in [-0.05, 0) is 44.2 Å². The maximum Gasteiger partial charge on any atom is 0.132 e. The van der Waals surface area contributed by atoms with Crippen LogP contribution in [0.25, 0.3) is 0 Å². The Labute approximate surface area is 88.9 Å². The van der Waals surface area contributed by atoms with Gasteiger partial charge in [0.25, 0.3) is 0 Å². The minimum Gasteiger partial charge on any atom is -0.390 e. The summed E-state index contributed by atoms with van der Waals surface area (Å²) < 4.78 is 0. The molecule has 2 rings (SSSR count). The molecule has 0 bridgehead atoms. The molecule has 14 heavy (non-hydrogen) atoms. The first kappa shape index (κ1) is 9.94. The first-order valence-corrected chi connectivity index (χ1v) is 5.31. The van der Waals surface area contributed by atoms with Gasteiger partial charge in [-0.15, -0.1) is 0 Å². The second kappa shape index (κ2) is 3.52. The van der Waals surface area contributed by atoms with Crippen molar-refractivity contribution >= 4 is 11.6 Å². The van der Waals surface area contributed by atoms with Crippen molar-refractivity contribution in [3.8, 4) is 0 Å². The van der Waals surface area contributed by atoms with E-state index in [-0.39, 0.29) is 0 Å². The number of hydrogen-bond acceptors (Lipinski definition) is 2. The van der Waals surface area contributed by atoms with Crippen LogP contribution in [0.1, 0.15) is 30.5 Å². The van der Waals surface area contributed by atoms with Gasteiger partial charge in [0.05, 0.1) is 5.60 Å². The summed E-state index contributed by atoms with van der Waals surface area (Å²) in [5, 5.41) is 10.3. The molecular formula is C11H14ClNO. The zero-order chi connectivity index (χ0) is 10.2. The van der Waals surface area contributed by atoms with Gasteiger partial charge in [-0.1, -0.05) is 17.7 Å². The molecule has 1 aliphatic rings. The largest absolute Gasteiger partial charge is 0.390 e. The van der Waals surface area contributed by atoms with Crippen LogP contribution < -0.4 is 0 Å². The standard InChI is InChI=1S/C11H14ClNO/c1-8-2-3-9(10(12)13-8)4-5-11(14)6-7-11/h2-3,14H,4-7H2,1H3. The summed E-state index contributed by atoms with van der Waals surface area (Å²) in [6, 6.07) is 3.95. The molecule has 1 aliphatic carbocycles. The fourth-order valence-corrected chi connectivity index (χ4v) is 1.79. The van der Waals surface area contributed by atoms with Crippen LogP contribution in [-0.4, -0.2) is 15.7 Å². The van der Waals surface area contributed by atoms with Crippen molar-refractivity contribution in [1.29, 1.82) is 0 Å². The van der Waals surface area contributed by atoms with Gasteiger partial charge in [0, 0.05) is 5.69 Å². The maximum atomic E-state index is 9.67. The molecule has 0 spiro atoms. The molecule has 0 saturated heterocycles. The summed E-state index contributed by atoms with van der Waals surface area (Å²) in [6.07, 6.45) is 3.49. The average molecular weight is 212 g/mol. The molecule has 0 amide bonds. The van der Waals surface area contributed by atoms with Crippen molar-refractivity contribution in [2.75, 3.05) is 0 Å². The van der Waals surface area contributed by atoms with E-state index >= 15 is 0 Å². The van der Waals surface area contributed by atoms with E-state index in [1.807, 2.05) is 19.1 Å². The van der Waals surface area contributed by atoms with Gasteiger partial charge in [0.2, 0.25) is 0 Å². The summed E-state index contributed by atoms with van der Waals surface area (Å²) in [6.45, 7) is 1.92. The van der Waals surface area contributed by atoms with Crippen molar-refractivity contribution < 1.29 is 5.11 Å². The third kappa shape index (κ3) is 2.25. The molecule has 0 atom stereocenters. The Hall–Kier alpha value is -0.600. The van der Waals surface area contributed by atoms with Crippen LogP contribution in [-0.2, 0) is 6.42 Å². The van der Waals surface area contributed by atoms with Crippen LogP contribution in [0.15, 0.2) is 12.1 Å². The third-order valence-corrected chi connectivity index (χ3v) is 3.08. The topological polar surface area (TPSA) is 33.1 Å². The smallest absolute Gasteiger partial charge is 0.132 e. The van der Waals surface area contributed by atoms with Crippen LogP contribution in [0.5, 0.6) is 0 Å². The highest BCUT2D eigenvalue weighted by Gasteiger charge is 2.39. The van der Waals surface area contributed by atoms with E-state index in [2.05, 4.69) is 4.98 Å². The van der Waals surface area contributed by atoms with Crippen molar-refractivity contribution in [3.63, 3.8) is 0 Å². The van der Waals surface area contributed by atoms with Crippen LogP contribution >= 0.6 is 11.6 Å². The Kier molecular flexibility index (Phi) is 2.50. The maximum absolute atomic E-state index is 9.67. The van der Waals surface area contributed by atoms with Crippen LogP contribution in [0.3, 0.4) is 0 Å². The van der Waals surface area contributed by atoms with E-state index in [0.717, 1.165) is 36.9 Å². The second-order valence-electron chi connectivity index (χ2n) is 4.13. The number of aromatic nitrogens is 1. The number of aliphatic hydroxyl groups is 1. The van der Waals surface area contributed by atoms with Crippen molar-refractivity contribution in [2.45, 2.75) is 38.2 Å². The Balaban J connectivity index is 2.02. The lowest BCUT2D eigenvalue weighted by molar-refractivity contribution is 0.140. The quantitative estimate of drug-likeness (QED) is 0.780. The highest BCUT2D eigenvalue weighted by atomic mass is 35.5. The Bertz CT molecular complexity index is 347. The summed E-state index contributed by atoms with van der Waals surface area (Å²) >= 11 is 5.99. The summed E-state index contributed by atoms with van der Waals surface area (Å²) in [7, 11) is 0. The van der Waals surface area contributed by atoms with Crippen molar-refractivity contribution in [2.24, 2.45) is 0 Å². The zero-order valence-electron chi connectivity index (χ0n) is 8.26. The highest BCUT2D eigenvalue weighted by molar-refractivity contribution is 6.30. The lowest BCUT2D eigenvalue weighted by atomic mass is 10.1. The molecule has 1 N–H and O–H groups in total. The summed E-state index contributed by atoms with van der Waals surface area (Å²) in [5.41, 5.74) is 1.58. The first-order chi connectivity index (χ1) is 6.59. The molecule has 0 aliphatic heterocycles. The van der Waals surface area contributed by atoms with Crippen molar-refractivity contribution in [3.05, 3.63) is 28.5 Å². The molecule has 1 aromatic heterocycles. The number of hydrogen-bond donors (Lipinski definition) is 1. The van der Waals surface area contributed by atoms with Gasteiger partial charge in [-0.2, -0.15) is 0 Å². The van der Waals surface area contributed by atoms with E-state index in [9.17, 15) is 5.11 Å². The molecular weight excluding hydrogens is 198 g/mol. The van der Waals surface area contributed by atoms with Gasteiger partial charge in [-0.25, -0.2) is 4.98 Å². The number of nitrogens with zero attached hydrogens (tertiary/aromatic N) is 1. The molecule has 1 aromatic rings. The SMILES string of the molecule is Cc1ccc(CCC2(O)CC2)c(Cl)n1. The molecule has 0 radical (unpaired) electrons. The van der Waals surface area contributed by atoms with Crippen LogP contribution in [0.2, 0.25) is 5.15 Å². The van der Waals surface area contributed by atoms with Gasteiger partial charge in [0.15, 0.2) is 0 Å². The molecule has 3 heteroatoms. The van der Waals surface area contributed by atoms with E-state index in [1.165, 1.54) is 0 Å². The van der Waals surface area contributed by atoms with Crippen molar-refractivity contribution in [1.82, 2.24) is 4.98 Å². The lowest BCUT2D eigenvalue weighted by Gasteiger charge is -2.08. The van der Waals surface area contributed by atoms with Gasteiger partial charge < -0.3 is 5.11 Å². The zero-order valence-corrected chi connectivity index (χ0v) is 9.01. The second-order valence-corrected chi connectivity index (χ2v) is 4.48. The fraction of sp³-hybridized carbons (Fsp3) is 0.545. The molecule has 1 saturated carbocycles. The third-order valence-electron chi connectivity index (χ3n) is 2.75. The monoisotopic (exact) mass is 211 g/mol. The molecule has 0 unspecified atom stereocenters. The fourth-order valence-electron chi connectivity index (χ4n) is 1.50. The molecule has 0 aromatic carbocycles. The summed E-state index contributed by atoms with van der Waals surface area (Å²) in [5.74, 6) is 0. The summed E-state index contributed by atoms with van der Waals surface area (Å²) in [4.78, 5) is 4.18. The predicted octanol–water partition coefficient (Wildman–Crippen LogP) is 2.50. The van der Waals surface area contributed by atoms with E-state index in [0.29, 0.717) is 5.15 Å². The number of aryl methyl sites for hydroxylation is 2. The number of halogens is 1. The van der Waals surface area contributed by atoms with E-state index in [1.54, 1.807) is 0 Å². The predicted molar refractivity (Wildman–Crippen MR) is 56.5 cm³/mol. The molecule has 1 heterocycles. The van der Waals surface area contributed by atoms with Crippen LogP contribution in [0, 0.1) is 6.92 Å². The minimum atomic E-state index is -0.395. The minimum absolute atomic E-state index is 0.395. The van der Waals surface area contributed by atoms with Crippen LogP contribution in [0.4, 0.5) is 0 Å². The Morgan fingerprint density at radius 1 is 1.50 bits per heavy atom. The number of rotatable bonds is 3. The Morgan fingerprint density at radius 2 is 2.21 bits per heavy atom. The van der Waals surface area contributed by atoms with E-state index in [4.69, 9.17) is 11.6 Å². The van der Waals surface area contributed by atoms with Gasteiger partial charge in [-0.3, -0.25) is 0 Å². The highest BCUT2D eigenvalue weighted by Crippen LogP contribution is 2.39. The van der Waals surface area contributed by atoms with Gasteiger partial charge in [0.1, 0.15) is 5.15 Å². The van der Waals surface area contributed by atoms with Gasteiger partial charge >= 0.3 is 0 Å². The average Bonchev–Trinajstić information content (AvgIpc) is 2.83. The Morgan fingerprint density at radius 3 is 2.79 bits per heavy atom. The normalized spacial score (nSPS) is 18.2. The molecule has 76 valence electrons. The van der Waals surface area contributed by atoms with E-state index < -0.39 is 5.60 Å². The molecule has 2 nitrogen and oxygen atoms in total. The molecule has 1 fully saturated rings. The lowest BCUT2D eigenvalue weighted by Crippen LogP contribution is -2.08. The first-order valence-electron chi connectivity index (χ1n) is 4.93.